The van der Waals surface area contributed by atoms with Crippen LogP contribution in [-0.2, 0) is 9.59 Å². The Kier molecular flexibility index (Phi) is 4.49. The molecule has 5 nitrogen and oxygen atoms in total. The molecule has 1 saturated heterocycles. The van der Waals surface area contributed by atoms with E-state index in [2.05, 4.69) is 6.58 Å². The zero-order valence-electron chi connectivity index (χ0n) is 9.56. The van der Waals surface area contributed by atoms with Gasteiger partial charge in [-0.25, -0.2) is 0 Å². The van der Waals surface area contributed by atoms with Gasteiger partial charge in [0.2, 0.25) is 5.91 Å². The number of hydrogen-bond donors (Lipinski definition) is 1. The fourth-order valence-electron chi connectivity index (χ4n) is 1.79. The van der Waals surface area contributed by atoms with Crippen LogP contribution < -0.4 is 0 Å². The van der Waals surface area contributed by atoms with Gasteiger partial charge in [-0.1, -0.05) is 6.08 Å². The van der Waals surface area contributed by atoms with Gasteiger partial charge in [0.15, 0.2) is 0 Å². The van der Waals surface area contributed by atoms with Crippen molar-refractivity contribution in [2.45, 2.75) is 6.42 Å². The highest BCUT2D eigenvalue weighted by Gasteiger charge is 2.29. The molecule has 0 spiro atoms. The van der Waals surface area contributed by atoms with Crippen LogP contribution in [0.2, 0.25) is 0 Å². The first-order valence-corrected chi connectivity index (χ1v) is 5.34. The van der Waals surface area contributed by atoms with E-state index in [1.54, 1.807) is 18.0 Å². The van der Waals surface area contributed by atoms with Crippen molar-refractivity contribution in [3.63, 3.8) is 0 Å². The van der Waals surface area contributed by atoms with Crippen molar-refractivity contribution in [3.05, 3.63) is 12.7 Å². The number of likely N-dealkylation sites (N-methyl/N-ethyl adjacent to an activating group) is 1. The number of aliphatic carboxylic acids is 1. The van der Waals surface area contributed by atoms with Crippen LogP contribution >= 0.6 is 0 Å². The van der Waals surface area contributed by atoms with Gasteiger partial charge in [0.25, 0.3) is 0 Å². The third-order valence-corrected chi connectivity index (χ3v) is 2.81. The lowest BCUT2D eigenvalue weighted by atomic mass is 10.1. The lowest BCUT2D eigenvalue weighted by molar-refractivity contribution is -0.141. The van der Waals surface area contributed by atoms with Crippen LogP contribution in [0.5, 0.6) is 0 Å². The highest BCUT2D eigenvalue weighted by molar-refractivity contribution is 5.78. The smallest absolute Gasteiger partial charge is 0.307 e. The zero-order chi connectivity index (χ0) is 12.1. The van der Waals surface area contributed by atoms with Crippen molar-refractivity contribution >= 4 is 11.9 Å². The molecule has 0 radical (unpaired) electrons. The highest BCUT2D eigenvalue weighted by atomic mass is 16.4. The SMILES string of the molecule is C=CCN(C)C(=O)CN1CCC(C(=O)O)C1. The second-order valence-corrected chi connectivity index (χ2v) is 4.12. The van der Waals surface area contributed by atoms with E-state index >= 15 is 0 Å². The number of hydrogen-bond acceptors (Lipinski definition) is 3. The summed E-state index contributed by atoms with van der Waals surface area (Å²) in [5.41, 5.74) is 0. The normalized spacial score (nSPS) is 20.7. The van der Waals surface area contributed by atoms with Crippen molar-refractivity contribution in [2.24, 2.45) is 5.92 Å². The average Bonchev–Trinajstić information content (AvgIpc) is 2.66. The van der Waals surface area contributed by atoms with Crippen molar-refractivity contribution in [1.29, 1.82) is 0 Å². The van der Waals surface area contributed by atoms with E-state index in [4.69, 9.17) is 5.11 Å². The maximum Gasteiger partial charge on any atom is 0.307 e. The van der Waals surface area contributed by atoms with Crippen LogP contribution in [0, 0.1) is 5.92 Å². The second-order valence-electron chi connectivity index (χ2n) is 4.12. The number of amides is 1. The van der Waals surface area contributed by atoms with Gasteiger partial charge in [-0.2, -0.15) is 0 Å². The van der Waals surface area contributed by atoms with Crippen LogP contribution in [0.4, 0.5) is 0 Å². The minimum atomic E-state index is -0.769. The Morgan fingerprint density at radius 2 is 2.31 bits per heavy atom. The summed E-state index contributed by atoms with van der Waals surface area (Å²) in [4.78, 5) is 25.9. The number of likely N-dealkylation sites (tertiary alicyclic amines) is 1. The Hall–Kier alpha value is -1.36. The van der Waals surface area contributed by atoms with Gasteiger partial charge in [0, 0.05) is 20.1 Å². The number of nitrogens with zero attached hydrogens (tertiary/aromatic N) is 2. The molecule has 1 atom stereocenters. The third-order valence-electron chi connectivity index (χ3n) is 2.81. The molecule has 1 unspecified atom stereocenters. The summed E-state index contributed by atoms with van der Waals surface area (Å²) in [5.74, 6) is -1.09. The maximum absolute atomic E-state index is 11.7. The van der Waals surface area contributed by atoms with E-state index in [1.807, 2.05) is 4.90 Å². The Labute approximate surface area is 95.3 Å². The Morgan fingerprint density at radius 3 is 2.81 bits per heavy atom. The lowest BCUT2D eigenvalue weighted by Crippen LogP contribution is -2.37. The summed E-state index contributed by atoms with van der Waals surface area (Å²) in [7, 11) is 1.72. The largest absolute Gasteiger partial charge is 0.481 e. The van der Waals surface area contributed by atoms with Crippen molar-refractivity contribution < 1.29 is 14.7 Å². The summed E-state index contributed by atoms with van der Waals surface area (Å²) in [6, 6.07) is 0. The molecule has 0 aromatic heterocycles. The van der Waals surface area contributed by atoms with Crippen LogP contribution in [-0.4, -0.2) is 60.0 Å². The fraction of sp³-hybridized carbons (Fsp3) is 0.636. The first-order chi connectivity index (χ1) is 7.54. The van der Waals surface area contributed by atoms with E-state index in [9.17, 15) is 9.59 Å². The van der Waals surface area contributed by atoms with Gasteiger partial charge in [0.1, 0.15) is 0 Å². The quantitative estimate of drug-likeness (QED) is 0.672. The third kappa shape index (κ3) is 3.34. The Morgan fingerprint density at radius 1 is 1.62 bits per heavy atom. The average molecular weight is 226 g/mol. The molecular formula is C11H18N2O3. The predicted octanol–water partition coefficient (Wildman–Crippen LogP) is 0.0373. The molecule has 90 valence electrons. The molecule has 0 saturated carbocycles. The molecule has 5 heteroatoms. The maximum atomic E-state index is 11.7. The molecule has 1 rings (SSSR count). The monoisotopic (exact) mass is 226 g/mol. The Balaban J connectivity index is 2.36. The molecule has 0 aromatic rings. The summed E-state index contributed by atoms with van der Waals surface area (Å²) in [6.45, 7) is 5.55. The van der Waals surface area contributed by atoms with Crippen molar-refractivity contribution in [1.82, 2.24) is 9.80 Å². The van der Waals surface area contributed by atoms with Crippen LogP contribution in [0.25, 0.3) is 0 Å². The molecule has 1 amide bonds. The first kappa shape index (κ1) is 12.7. The minimum Gasteiger partial charge on any atom is -0.481 e. The second kappa shape index (κ2) is 5.65. The topological polar surface area (TPSA) is 60.9 Å². The molecule has 0 bridgehead atoms. The molecule has 0 aliphatic carbocycles. The molecule has 1 fully saturated rings. The van der Waals surface area contributed by atoms with E-state index in [1.165, 1.54) is 0 Å². The molecule has 16 heavy (non-hydrogen) atoms. The molecule has 1 N–H and O–H groups in total. The summed E-state index contributed by atoms with van der Waals surface area (Å²) < 4.78 is 0. The molecule has 0 aromatic carbocycles. The zero-order valence-corrected chi connectivity index (χ0v) is 9.56. The highest BCUT2D eigenvalue weighted by Crippen LogP contribution is 2.15. The number of rotatable bonds is 5. The summed E-state index contributed by atoms with van der Waals surface area (Å²) in [6.07, 6.45) is 2.30. The van der Waals surface area contributed by atoms with Gasteiger partial charge >= 0.3 is 5.97 Å². The fourth-order valence-corrected chi connectivity index (χ4v) is 1.79. The van der Waals surface area contributed by atoms with Crippen LogP contribution in [0.15, 0.2) is 12.7 Å². The molecule has 1 aliphatic heterocycles. The summed E-state index contributed by atoms with van der Waals surface area (Å²) >= 11 is 0. The van der Waals surface area contributed by atoms with E-state index in [0.29, 0.717) is 32.6 Å². The molecule has 1 heterocycles. The van der Waals surface area contributed by atoms with Gasteiger partial charge in [-0.15, -0.1) is 6.58 Å². The number of carboxylic acids is 1. The summed E-state index contributed by atoms with van der Waals surface area (Å²) in [5, 5.41) is 8.82. The van der Waals surface area contributed by atoms with E-state index in [-0.39, 0.29) is 11.8 Å². The minimum absolute atomic E-state index is 0.00550. The first-order valence-electron chi connectivity index (χ1n) is 5.34. The Bertz CT molecular complexity index is 291. The van der Waals surface area contributed by atoms with Crippen LogP contribution in [0.3, 0.4) is 0 Å². The number of carboxylic acid groups (broad SMARTS) is 1. The van der Waals surface area contributed by atoms with Gasteiger partial charge in [0.05, 0.1) is 12.5 Å². The van der Waals surface area contributed by atoms with E-state index in [0.717, 1.165) is 0 Å². The van der Waals surface area contributed by atoms with Crippen LogP contribution in [0.1, 0.15) is 6.42 Å². The number of carbonyl (C=O) groups excluding carboxylic acids is 1. The number of carbonyl (C=O) groups is 2. The molecule has 1 aliphatic rings. The lowest BCUT2D eigenvalue weighted by Gasteiger charge is -2.20. The van der Waals surface area contributed by atoms with Crippen molar-refractivity contribution in [3.8, 4) is 0 Å². The van der Waals surface area contributed by atoms with Gasteiger partial charge in [-0.3, -0.25) is 14.5 Å². The molecular weight excluding hydrogens is 208 g/mol. The van der Waals surface area contributed by atoms with Gasteiger partial charge < -0.3 is 10.0 Å². The van der Waals surface area contributed by atoms with Crippen molar-refractivity contribution in [2.75, 3.05) is 33.2 Å². The predicted molar refractivity (Wildman–Crippen MR) is 60.0 cm³/mol. The van der Waals surface area contributed by atoms with Gasteiger partial charge in [-0.05, 0) is 13.0 Å². The van der Waals surface area contributed by atoms with E-state index < -0.39 is 5.97 Å². The standard InChI is InChI=1S/C11H18N2O3/c1-3-5-12(2)10(14)8-13-6-4-9(7-13)11(15)16/h3,9H,1,4-8H2,2H3,(H,15,16).